The lowest BCUT2D eigenvalue weighted by molar-refractivity contribution is -0.139. The summed E-state index contributed by atoms with van der Waals surface area (Å²) >= 11 is 0. The topological polar surface area (TPSA) is 118 Å². The molecule has 1 aliphatic rings. The Kier molecular flexibility index (Phi) is 6.73. The molecule has 3 N–H and O–H groups in total. The molecule has 170 valence electrons. The molecule has 1 heterocycles. The Bertz CT molecular complexity index is 1100. The lowest BCUT2D eigenvalue weighted by atomic mass is 9.98. The predicted molar refractivity (Wildman–Crippen MR) is 120 cm³/mol. The third-order valence-corrected chi connectivity index (χ3v) is 5.58. The van der Waals surface area contributed by atoms with Crippen LogP contribution in [-0.2, 0) is 20.7 Å². The molecule has 0 saturated carbocycles. The van der Waals surface area contributed by atoms with Crippen molar-refractivity contribution in [2.75, 3.05) is 13.2 Å². The van der Waals surface area contributed by atoms with E-state index in [1.165, 1.54) is 6.26 Å². The van der Waals surface area contributed by atoms with Crippen molar-refractivity contribution >= 4 is 18.0 Å². The van der Waals surface area contributed by atoms with E-state index >= 15 is 0 Å². The van der Waals surface area contributed by atoms with Crippen molar-refractivity contribution < 1.29 is 28.6 Å². The van der Waals surface area contributed by atoms with Crippen molar-refractivity contribution in [3.05, 3.63) is 83.8 Å². The second kappa shape index (κ2) is 10.0. The SMILES string of the molecule is O=C(O)CC(NC(=O)OCC1c2ccccc2-c2ccccc21)C(=O)NCCc1ccco1. The minimum absolute atomic E-state index is 0.0692. The zero-order valence-corrected chi connectivity index (χ0v) is 17.8. The molecule has 0 aliphatic heterocycles. The maximum atomic E-state index is 12.5. The zero-order valence-electron chi connectivity index (χ0n) is 17.8. The van der Waals surface area contributed by atoms with E-state index in [2.05, 4.69) is 10.6 Å². The molecular weight excluding hydrogens is 424 g/mol. The Hall–Kier alpha value is -4.07. The number of fused-ring (bicyclic) bond motifs is 3. The van der Waals surface area contributed by atoms with Gasteiger partial charge in [-0.3, -0.25) is 9.59 Å². The molecule has 0 radical (unpaired) electrons. The van der Waals surface area contributed by atoms with Crippen LogP contribution < -0.4 is 10.6 Å². The van der Waals surface area contributed by atoms with Gasteiger partial charge in [-0.2, -0.15) is 0 Å². The van der Waals surface area contributed by atoms with Crippen molar-refractivity contribution in [2.45, 2.75) is 24.8 Å². The van der Waals surface area contributed by atoms with Crippen LogP contribution in [-0.4, -0.2) is 42.3 Å². The van der Waals surface area contributed by atoms with Crippen LogP contribution in [0.25, 0.3) is 11.1 Å². The molecule has 3 aromatic rings. The van der Waals surface area contributed by atoms with Crippen LogP contribution in [0.2, 0.25) is 0 Å². The first-order chi connectivity index (χ1) is 16.0. The summed E-state index contributed by atoms with van der Waals surface area (Å²) in [5, 5.41) is 14.2. The molecule has 1 aliphatic carbocycles. The van der Waals surface area contributed by atoms with Gasteiger partial charge in [-0.15, -0.1) is 0 Å². The number of hydrogen-bond donors (Lipinski definition) is 3. The highest BCUT2D eigenvalue weighted by molar-refractivity contribution is 5.89. The summed E-state index contributed by atoms with van der Waals surface area (Å²) in [6.07, 6.45) is 0.577. The molecule has 1 aromatic heterocycles. The molecule has 0 fully saturated rings. The van der Waals surface area contributed by atoms with Crippen LogP contribution in [0.5, 0.6) is 0 Å². The number of benzene rings is 2. The first-order valence-electron chi connectivity index (χ1n) is 10.7. The number of nitrogens with one attached hydrogen (secondary N) is 2. The number of rotatable bonds is 9. The van der Waals surface area contributed by atoms with Crippen LogP contribution >= 0.6 is 0 Å². The minimum Gasteiger partial charge on any atom is -0.481 e. The quantitative estimate of drug-likeness (QED) is 0.462. The monoisotopic (exact) mass is 448 g/mol. The molecule has 1 unspecified atom stereocenters. The minimum atomic E-state index is -1.25. The number of hydrogen-bond acceptors (Lipinski definition) is 5. The van der Waals surface area contributed by atoms with Gasteiger partial charge >= 0.3 is 12.1 Å². The van der Waals surface area contributed by atoms with Crippen LogP contribution in [0.1, 0.15) is 29.2 Å². The zero-order chi connectivity index (χ0) is 23.2. The molecule has 0 bridgehead atoms. The second-order valence-electron chi connectivity index (χ2n) is 7.74. The Morgan fingerprint density at radius 3 is 2.24 bits per heavy atom. The first kappa shape index (κ1) is 22.1. The summed E-state index contributed by atoms with van der Waals surface area (Å²) in [6, 6.07) is 18.1. The average Bonchev–Trinajstić information content (AvgIpc) is 3.43. The van der Waals surface area contributed by atoms with Gasteiger partial charge in [-0.25, -0.2) is 4.79 Å². The highest BCUT2D eigenvalue weighted by Gasteiger charge is 2.30. The summed E-state index contributed by atoms with van der Waals surface area (Å²) in [6.45, 7) is 0.314. The number of alkyl carbamates (subject to hydrolysis) is 1. The van der Waals surface area contributed by atoms with Crippen LogP contribution in [0.3, 0.4) is 0 Å². The van der Waals surface area contributed by atoms with Crippen molar-refractivity contribution in [1.82, 2.24) is 10.6 Å². The van der Waals surface area contributed by atoms with Gasteiger partial charge < -0.3 is 24.9 Å². The Balaban J connectivity index is 1.35. The van der Waals surface area contributed by atoms with E-state index < -0.39 is 30.4 Å². The fourth-order valence-electron chi connectivity index (χ4n) is 4.05. The van der Waals surface area contributed by atoms with Gasteiger partial charge in [-0.05, 0) is 34.4 Å². The number of aliphatic carboxylic acids is 1. The van der Waals surface area contributed by atoms with Crippen molar-refractivity contribution in [1.29, 1.82) is 0 Å². The number of furan rings is 1. The van der Waals surface area contributed by atoms with E-state index in [-0.39, 0.29) is 19.1 Å². The summed E-state index contributed by atoms with van der Waals surface area (Å²) in [5.74, 6) is -1.25. The fraction of sp³-hybridized carbons (Fsp3) is 0.240. The van der Waals surface area contributed by atoms with E-state index in [1.54, 1.807) is 12.1 Å². The second-order valence-corrected chi connectivity index (χ2v) is 7.74. The number of carbonyl (C=O) groups is 3. The molecule has 4 rings (SSSR count). The van der Waals surface area contributed by atoms with Crippen molar-refractivity contribution in [2.24, 2.45) is 0 Å². The van der Waals surface area contributed by atoms with E-state index in [1.807, 2.05) is 48.5 Å². The van der Waals surface area contributed by atoms with E-state index in [9.17, 15) is 14.4 Å². The van der Waals surface area contributed by atoms with Crippen molar-refractivity contribution in [3.63, 3.8) is 0 Å². The third kappa shape index (κ3) is 5.23. The molecule has 8 nitrogen and oxygen atoms in total. The smallest absolute Gasteiger partial charge is 0.407 e. The van der Waals surface area contributed by atoms with Gasteiger partial charge in [0.15, 0.2) is 0 Å². The van der Waals surface area contributed by atoms with Crippen molar-refractivity contribution in [3.8, 4) is 11.1 Å². The number of amides is 2. The van der Waals surface area contributed by atoms with E-state index in [4.69, 9.17) is 14.3 Å². The Morgan fingerprint density at radius 2 is 1.64 bits per heavy atom. The van der Waals surface area contributed by atoms with E-state index in [0.717, 1.165) is 22.3 Å². The van der Waals surface area contributed by atoms with Gasteiger partial charge in [0, 0.05) is 18.9 Å². The molecule has 0 saturated heterocycles. The number of carboxylic acids is 1. The van der Waals surface area contributed by atoms with Gasteiger partial charge in [-0.1, -0.05) is 48.5 Å². The maximum Gasteiger partial charge on any atom is 0.407 e. The van der Waals surface area contributed by atoms with Gasteiger partial charge in [0.05, 0.1) is 12.7 Å². The summed E-state index contributed by atoms with van der Waals surface area (Å²) in [4.78, 5) is 36.1. The van der Waals surface area contributed by atoms with Crippen LogP contribution in [0.15, 0.2) is 71.3 Å². The van der Waals surface area contributed by atoms with E-state index in [0.29, 0.717) is 12.2 Å². The average molecular weight is 448 g/mol. The van der Waals surface area contributed by atoms with Gasteiger partial charge in [0.25, 0.3) is 0 Å². The lowest BCUT2D eigenvalue weighted by Crippen LogP contribution is -2.48. The molecule has 0 spiro atoms. The molecule has 2 amide bonds. The van der Waals surface area contributed by atoms with Crippen LogP contribution in [0.4, 0.5) is 4.79 Å². The molecule has 33 heavy (non-hydrogen) atoms. The number of carbonyl (C=O) groups excluding carboxylic acids is 2. The number of ether oxygens (including phenoxy) is 1. The lowest BCUT2D eigenvalue weighted by Gasteiger charge is -2.18. The highest BCUT2D eigenvalue weighted by atomic mass is 16.5. The first-order valence-corrected chi connectivity index (χ1v) is 10.7. The summed E-state index contributed by atoms with van der Waals surface area (Å²) in [7, 11) is 0. The Labute approximate surface area is 190 Å². The standard InChI is InChI=1S/C25H24N2O6/c28-23(29)14-22(24(30)26-12-11-16-6-5-13-32-16)27-25(31)33-15-21-19-9-3-1-7-17(19)18-8-2-4-10-20(18)21/h1-10,13,21-22H,11-12,14-15H2,(H,26,30)(H,27,31)(H,28,29). The fourth-order valence-corrected chi connectivity index (χ4v) is 4.05. The molecule has 8 heteroatoms. The van der Waals surface area contributed by atoms with Gasteiger partial charge in [0.2, 0.25) is 5.91 Å². The van der Waals surface area contributed by atoms with Crippen LogP contribution in [0, 0.1) is 0 Å². The molecule has 2 aromatic carbocycles. The van der Waals surface area contributed by atoms with Gasteiger partial charge in [0.1, 0.15) is 18.4 Å². The third-order valence-electron chi connectivity index (χ3n) is 5.58. The normalized spacial score (nSPS) is 13.0. The molecule has 1 atom stereocenters. The number of carboxylic acid groups (broad SMARTS) is 1. The highest BCUT2D eigenvalue weighted by Crippen LogP contribution is 2.44. The summed E-state index contributed by atoms with van der Waals surface area (Å²) in [5.41, 5.74) is 4.32. The Morgan fingerprint density at radius 1 is 0.970 bits per heavy atom. The summed E-state index contributed by atoms with van der Waals surface area (Å²) < 4.78 is 10.6. The predicted octanol–water partition coefficient (Wildman–Crippen LogP) is 3.32. The maximum absolute atomic E-state index is 12.5. The largest absolute Gasteiger partial charge is 0.481 e. The molecular formula is C25H24N2O6.